The number of benzene rings is 2. The number of carbonyl (C=O) groups is 3. The van der Waals surface area contributed by atoms with Crippen LogP contribution in [0.5, 0.6) is 0 Å². The third kappa shape index (κ3) is 5.47. The second kappa shape index (κ2) is 10.2. The minimum absolute atomic E-state index is 0.245. The Morgan fingerprint density at radius 3 is 2.43 bits per heavy atom. The maximum Gasteiger partial charge on any atom is 0.339 e. The van der Waals surface area contributed by atoms with Crippen LogP contribution in [0.15, 0.2) is 86.1 Å². The Kier molecular flexibility index (Phi) is 7.21. The summed E-state index contributed by atoms with van der Waals surface area (Å²) in [5.41, 5.74) is 0.728. The van der Waals surface area contributed by atoms with Crippen LogP contribution in [0.1, 0.15) is 25.6 Å². The standard InChI is InChI=1S/C21H13N3O4S2/c22-12-14-6-1-3-8-16(14)30-17-9-4-2-7-15(17)21(27)28-13-19(25)23-24-20(26)18-10-5-11-29-18/h1-11H,13H2. The third-order valence-corrected chi connectivity index (χ3v) is 5.66. The molecule has 148 valence electrons. The Balaban J connectivity index is 1.64. The molecule has 0 bridgehead atoms. The smallest absolute Gasteiger partial charge is 0.339 e. The van der Waals surface area contributed by atoms with Crippen LogP contribution in [0.3, 0.4) is 0 Å². The SMILES string of the molecule is N#Cc1ccccc1Sc1ccccc1C(=O)OCC(=O)N=NC(=O)c1cccs1. The fourth-order valence-corrected chi connectivity index (χ4v) is 3.89. The first kappa shape index (κ1) is 21.1. The topological polar surface area (TPSA) is 109 Å². The van der Waals surface area contributed by atoms with Gasteiger partial charge in [0, 0.05) is 9.79 Å². The van der Waals surface area contributed by atoms with E-state index in [-0.39, 0.29) is 5.56 Å². The van der Waals surface area contributed by atoms with Gasteiger partial charge in [-0.15, -0.1) is 21.6 Å². The number of nitriles is 1. The fraction of sp³-hybridized carbons (Fsp3) is 0.0476. The van der Waals surface area contributed by atoms with Crippen molar-refractivity contribution in [3.63, 3.8) is 0 Å². The van der Waals surface area contributed by atoms with E-state index in [1.165, 1.54) is 23.1 Å². The molecular weight excluding hydrogens is 422 g/mol. The maximum atomic E-state index is 12.4. The molecule has 1 heterocycles. The molecule has 3 rings (SSSR count). The van der Waals surface area contributed by atoms with Crippen molar-refractivity contribution in [1.82, 2.24) is 0 Å². The molecule has 0 spiro atoms. The minimum Gasteiger partial charge on any atom is -0.452 e. The largest absolute Gasteiger partial charge is 0.452 e. The molecule has 0 radical (unpaired) electrons. The number of nitrogens with zero attached hydrogens (tertiary/aromatic N) is 3. The number of thiophene rings is 1. The van der Waals surface area contributed by atoms with E-state index in [4.69, 9.17) is 4.74 Å². The summed E-state index contributed by atoms with van der Waals surface area (Å²) in [5.74, 6) is -2.21. The summed E-state index contributed by atoms with van der Waals surface area (Å²) in [6, 6.07) is 19.1. The average molecular weight is 435 g/mol. The van der Waals surface area contributed by atoms with Gasteiger partial charge in [-0.05, 0) is 35.7 Å². The Morgan fingerprint density at radius 2 is 1.70 bits per heavy atom. The van der Waals surface area contributed by atoms with Gasteiger partial charge in [0.05, 0.1) is 16.0 Å². The lowest BCUT2D eigenvalue weighted by molar-refractivity contribution is -0.121. The van der Waals surface area contributed by atoms with Crippen LogP contribution in [-0.4, -0.2) is 24.4 Å². The summed E-state index contributed by atoms with van der Waals surface area (Å²) in [4.78, 5) is 37.6. The number of ether oxygens (including phenoxy) is 1. The zero-order valence-corrected chi connectivity index (χ0v) is 17.0. The van der Waals surface area contributed by atoms with Crippen molar-refractivity contribution in [2.45, 2.75) is 9.79 Å². The number of hydrogen-bond acceptors (Lipinski definition) is 7. The van der Waals surface area contributed by atoms with Crippen LogP contribution in [0.25, 0.3) is 0 Å². The highest BCUT2D eigenvalue weighted by Crippen LogP contribution is 2.32. The van der Waals surface area contributed by atoms with Gasteiger partial charge in [-0.2, -0.15) is 5.26 Å². The van der Waals surface area contributed by atoms with E-state index in [0.29, 0.717) is 20.2 Å². The van der Waals surface area contributed by atoms with Crippen molar-refractivity contribution >= 4 is 40.9 Å². The number of amides is 2. The van der Waals surface area contributed by atoms with Gasteiger partial charge in [-0.25, -0.2) is 4.79 Å². The minimum atomic E-state index is -0.854. The molecule has 30 heavy (non-hydrogen) atoms. The van der Waals surface area contributed by atoms with Crippen molar-refractivity contribution in [3.05, 3.63) is 82.0 Å². The first-order chi connectivity index (χ1) is 14.6. The quantitative estimate of drug-likeness (QED) is 0.408. The molecule has 0 aliphatic rings. The van der Waals surface area contributed by atoms with E-state index in [0.717, 1.165) is 0 Å². The molecule has 7 nitrogen and oxygen atoms in total. The first-order valence-corrected chi connectivity index (χ1v) is 10.2. The Bertz CT molecular complexity index is 1150. The van der Waals surface area contributed by atoms with Gasteiger partial charge in [-0.3, -0.25) is 9.59 Å². The van der Waals surface area contributed by atoms with Crippen molar-refractivity contribution in [2.75, 3.05) is 6.61 Å². The van der Waals surface area contributed by atoms with Crippen molar-refractivity contribution in [2.24, 2.45) is 10.2 Å². The number of hydrogen-bond donors (Lipinski definition) is 0. The number of azo groups is 1. The lowest BCUT2D eigenvalue weighted by Gasteiger charge is -2.09. The number of rotatable bonds is 6. The van der Waals surface area contributed by atoms with E-state index in [2.05, 4.69) is 16.3 Å². The fourth-order valence-electron chi connectivity index (χ4n) is 2.28. The Hall–Kier alpha value is -3.61. The molecule has 0 unspecified atom stereocenters. The molecule has 2 amide bonds. The molecule has 2 aromatic carbocycles. The lowest BCUT2D eigenvalue weighted by Crippen LogP contribution is -2.13. The van der Waals surface area contributed by atoms with Gasteiger partial charge >= 0.3 is 17.8 Å². The molecule has 0 aliphatic heterocycles. The summed E-state index contributed by atoms with van der Waals surface area (Å²) in [5, 5.41) is 17.6. The molecule has 0 aliphatic carbocycles. The summed E-state index contributed by atoms with van der Waals surface area (Å²) < 4.78 is 5.02. The van der Waals surface area contributed by atoms with Crippen LogP contribution in [0.4, 0.5) is 0 Å². The van der Waals surface area contributed by atoms with Crippen LogP contribution in [-0.2, 0) is 9.53 Å². The van der Waals surface area contributed by atoms with Crippen LogP contribution in [0.2, 0.25) is 0 Å². The monoisotopic (exact) mass is 435 g/mol. The third-order valence-electron chi connectivity index (χ3n) is 3.65. The van der Waals surface area contributed by atoms with E-state index < -0.39 is 24.4 Å². The maximum absolute atomic E-state index is 12.4. The van der Waals surface area contributed by atoms with Crippen molar-refractivity contribution in [3.8, 4) is 6.07 Å². The average Bonchev–Trinajstić information content (AvgIpc) is 3.31. The van der Waals surface area contributed by atoms with Crippen LogP contribution in [0, 0.1) is 11.3 Å². The van der Waals surface area contributed by atoms with Gasteiger partial charge < -0.3 is 4.74 Å². The second-order valence-electron chi connectivity index (χ2n) is 5.66. The van der Waals surface area contributed by atoms with E-state index in [1.807, 2.05) is 0 Å². The highest BCUT2D eigenvalue weighted by atomic mass is 32.2. The van der Waals surface area contributed by atoms with Gasteiger partial charge in [0.15, 0.2) is 6.61 Å². The summed E-state index contributed by atoms with van der Waals surface area (Å²) >= 11 is 2.43. The zero-order chi connectivity index (χ0) is 21.3. The van der Waals surface area contributed by atoms with E-state index in [1.54, 1.807) is 66.0 Å². The Labute approximate surface area is 180 Å². The predicted octanol–water partition coefficient (Wildman–Crippen LogP) is 4.75. The number of carbonyl (C=O) groups excluding carboxylic acids is 3. The molecule has 0 fully saturated rings. The molecule has 0 saturated carbocycles. The zero-order valence-electron chi connectivity index (χ0n) is 15.3. The van der Waals surface area contributed by atoms with E-state index >= 15 is 0 Å². The Morgan fingerprint density at radius 1 is 0.967 bits per heavy atom. The van der Waals surface area contributed by atoms with Gasteiger partial charge in [0.1, 0.15) is 6.07 Å². The lowest BCUT2D eigenvalue weighted by atomic mass is 10.2. The summed E-state index contributed by atoms with van der Waals surface area (Å²) in [6.45, 7) is -0.645. The van der Waals surface area contributed by atoms with Gasteiger partial charge in [0.2, 0.25) is 0 Å². The van der Waals surface area contributed by atoms with Crippen LogP contribution < -0.4 is 0 Å². The molecule has 3 aromatic rings. The molecular formula is C21H13N3O4S2. The van der Waals surface area contributed by atoms with E-state index in [9.17, 15) is 19.6 Å². The molecule has 0 saturated heterocycles. The van der Waals surface area contributed by atoms with Gasteiger partial charge in [-0.1, -0.05) is 42.1 Å². The molecule has 0 N–H and O–H groups in total. The molecule has 1 aromatic heterocycles. The number of esters is 1. The predicted molar refractivity (Wildman–Crippen MR) is 111 cm³/mol. The normalized spacial score (nSPS) is 10.5. The highest BCUT2D eigenvalue weighted by molar-refractivity contribution is 7.99. The second-order valence-corrected chi connectivity index (χ2v) is 7.69. The van der Waals surface area contributed by atoms with Crippen LogP contribution >= 0.6 is 23.1 Å². The first-order valence-electron chi connectivity index (χ1n) is 8.54. The summed E-state index contributed by atoms with van der Waals surface area (Å²) in [7, 11) is 0. The van der Waals surface area contributed by atoms with Gasteiger partial charge in [0.25, 0.3) is 0 Å². The van der Waals surface area contributed by atoms with Crippen molar-refractivity contribution < 1.29 is 19.1 Å². The van der Waals surface area contributed by atoms with Crippen molar-refractivity contribution in [1.29, 1.82) is 5.26 Å². The summed E-state index contributed by atoms with van der Waals surface area (Å²) in [6.07, 6.45) is 0. The highest BCUT2D eigenvalue weighted by Gasteiger charge is 2.16. The molecule has 9 heteroatoms. The molecule has 0 atom stereocenters.